The molecule has 4 saturated carbocycles. The van der Waals surface area contributed by atoms with E-state index in [1.807, 2.05) is 0 Å². The van der Waals surface area contributed by atoms with Crippen molar-refractivity contribution in [2.75, 3.05) is 6.54 Å². The monoisotopic (exact) mass is 859 g/mol. The molecule has 2 N–H and O–H groups in total. The summed E-state index contributed by atoms with van der Waals surface area (Å²) in [6.45, 7) is 3.68. The number of carbonyl (C=O) groups excluding carboxylic acids is 4. The van der Waals surface area contributed by atoms with Crippen LogP contribution in [-0.2, 0) is 46.7 Å². The molecule has 60 heavy (non-hydrogen) atoms. The Bertz CT molecular complexity index is 2220. The third kappa shape index (κ3) is 8.53. The molecule has 6 aliphatic rings. The van der Waals surface area contributed by atoms with Crippen LogP contribution in [0.1, 0.15) is 108 Å². The van der Waals surface area contributed by atoms with Crippen molar-refractivity contribution in [3.63, 3.8) is 0 Å². The molecule has 14 nitrogen and oxygen atoms in total. The van der Waals surface area contributed by atoms with E-state index in [1.165, 1.54) is 15.5 Å². The largest absolute Gasteiger partial charge is 0.462 e. The van der Waals surface area contributed by atoms with Gasteiger partial charge in [-0.15, -0.1) is 6.58 Å². The predicted octanol–water partition coefficient (Wildman–Crippen LogP) is 4.92. The maximum absolute atomic E-state index is 14.9. The van der Waals surface area contributed by atoms with Gasteiger partial charge >= 0.3 is 12.1 Å². The molecule has 0 unspecified atom stereocenters. The Morgan fingerprint density at radius 2 is 1.65 bits per heavy atom. The fraction of sp³-hybridized carbons (Fsp3) is 0.667. The molecule has 1 aromatic carbocycles. The van der Waals surface area contributed by atoms with E-state index in [0.29, 0.717) is 44.9 Å². The Morgan fingerprint density at radius 1 is 0.933 bits per heavy atom. The van der Waals surface area contributed by atoms with Gasteiger partial charge in [-0.1, -0.05) is 31.8 Å². The number of sulfonamides is 1. The number of hydrogen-bond acceptors (Lipinski definition) is 10. The van der Waals surface area contributed by atoms with Crippen molar-refractivity contribution in [2.45, 2.75) is 144 Å². The van der Waals surface area contributed by atoms with Crippen LogP contribution in [-0.4, -0.2) is 82.1 Å². The number of benzene rings is 1. The lowest BCUT2D eigenvalue weighted by molar-refractivity contribution is -0.156. The summed E-state index contributed by atoms with van der Waals surface area (Å²) < 4.78 is 82.9. The summed E-state index contributed by atoms with van der Waals surface area (Å²) in [6.07, 6.45) is 4.36. The highest BCUT2D eigenvalue weighted by molar-refractivity contribution is 7.91. The maximum Gasteiger partial charge on any atom is 0.416 e. The number of nitrogens with one attached hydrogen (secondary N) is 2. The first kappa shape index (κ1) is 42.2. The van der Waals surface area contributed by atoms with Gasteiger partial charge in [0.05, 0.1) is 40.6 Å². The molecule has 1 aromatic heterocycles. The zero-order chi connectivity index (χ0) is 42.6. The number of ether oxygens (including phenoxy) is 2. The molecule has 7 atom stereocenters. The van der Waals surface area contributed by atoms with Crippen molar-refractivity contribution in [3.8, 4) is 6.01 Å². The number of fused-ring (bicyclic) bond motifs is 5. The highest BCUT2D eigenvalue weighted by atomic mass is 32.2. The zero-order valence-corrected chi connectivity index (χ0v) is 34.2. The normalized spacial score (nSPS) is 30.7. The van der Waals surface area contributed by atoms with Crippen molar-refractivity contribution in [1.29, 1.82) is 0 Å². The molecule has 0 spiro atoms. The molecule has 2 aliphatic heterocycles. The van der Waals surface area contributed by atoms with E-state index in [4.69, 9.17) is 9.47 Å². The summed E-state index contributed by atoms with van der Waals surface area (Å²) >= 11 is 0. The SMILES string of the molecule is C=C[C@H]1C[C@]1(NC(=O)[C@@H]1C[C@@H]2CN1C(=O)[C@H](C1CCCC1)CC(=O)O[C@@H]1CCC[C@H]1CCCCCn1c(nc3cc(C(F)(F)F)ccc3c1=O)O2)C(=O)NS(=O)(=O)C1CC1. The highest BCUT2D eigenvalue weighted by Crippen LogP contribution is 2.46. The first-order valence-electron chi connectivity index (χ1n) is 21.4. The van der Waals surface area contributed by atoms with Crippen molar-refractivity contribution >= 4 is 44.6 Å². The molecule has 5 fully saturated rings. The van der Waals surface area contributed by atoms with Gasteiger partial charge in [0.25, 0.3) is 17.5 Å². The summed E-state index contributed by atoms with van der Waals surface area (Å²) in [6, 6.07) is 1.19. The molecular weight excluding hydrogens is 808 g/mol. The first-order valence-corrected chi connectivity index (χ1v) is 22.9. The van der Waals surface area contributed by atoms with Crippen LogP contribution in [0, 0.1) is 23.7 Å². The molecular formula is C42H52F3N5O9S. The zero-order valence-electron chi connectivity index (χ0n) is 33.4. The quantitative estimate of drug-likeness (QED) is 0.287. The van der Waals surface area contributed by atoms with E-state index in [1.54, 1.807) is 0 Å². The van der Waals surface area contributed by atoms with Crippen LogP contribution < -0.4 is 20.3 Å². The van der Waals surface area contributed by atoms with Gasteiger partial charge in [-0.2, -0.15) is 18.2 Å². The second-order valence-electron chi connectivity index (χ2n) is 17.7. The molecule has 326 valence electrons. The van der Waals surface area contributed by atoms with Crippen LogP contribution in [0.2, 0.25) is 0 Å². The molecule has 2 bridgehead atoms. The molecule has 8 rings (SSSR count). The third-order valence-corrected chi connectivity index (χ3v) is 15.4. The van der Waals surface area contributed by atoms with Gasteiger partial charge in [0.2, 0.25) is 21.8 Å². The van der Waals surface area contributed by atoms with E-state index in [0.717, 1.165) is 56.7 Å². The van der Waals surface area contributed by atoms with Gasteiger partial charge < -0.3 is 19.7 Å². The smallest absolute Gasteiger partial charge is 0.416 e. The summed E-state index contributed by atoms with van der Waals surface area (Å²) in [5.74, 6) is -4.11. The number of aromatic nitrogens is 2. The minimum atomic E-state index is -4.70. The van der Waals surface area contributed by atoms with Crippen LogP contribution in [0.25, 0.3) is 10.9 Å². The number of rotatable bonds is 7. The van der Waals surface area contributed by atoms with Crippen molar-refractivity contribution in [2.24, 2.45) is 23.7 Å². The minimum absolute atomic E-state index is 0.0264. The second kappa shape index (κ2) is 16.4. The number of carbonyl (C=O) groups is 4. The lowest BCUT2D eigenvalue weighted by atomic mass is 9.86. The molecule has 2 aromatic rings. The lowest BCUT2D eigenvalue weighted by Gasteiger charge is -2.32. The van der Waals surface area contributed by atoms with E-state index >= 15 is 0 Å². The van der Waals surface area contributed by atoms with Crippen LogP contribution in [0.15, 0.2) is 35.6 Å². The number of amides is 3. The fourth-order valence-electron chi connectivity index (χ4n) is 9.97. The van der Waals surface area contributed by atoms with Gasteiger partial charge in [0.15, 0.2) is 0 Å². The minimum Gasteiger partial charge on any atom is -0.462 e. The van der Waals surface area contributed by atoms with Crippen LogP contribution in [0.4, 0.5) is 13.2 Å². The van der Waals surface area contributed by atoms with Crippen LogP contribution >= 0.6 is 0 Å². The standard InChI is InChI=1S/C42H52F3N5O9S/c1-2-26-22-41(26,39(55)48-60(56,57)29-15-16-29)47-36(52)33-20-28-23-50(33)38(54)31(24-9-5-6-10-24)21-35(51)59-34-13-8-12-25(34)11-4-3-7-18-49-37(53)30-17-14-27(42(43,44)45)19-32(30)46-40(49)58-28/h2,14,17,19,24-26,28-29,31,33-34H,1,3-13,15-16,18,20-23H2,(H,47,52)(H,48,55)/t25-,26+,28-,31+,33+,34-,41-/m1/s1. The average molecular weight is 860 g/mol. The second-order valence-corrected chi connectivity index (χ2v) is 19.6. The van der Waals surface area contributed by atoms with Gasteiger partial charge in [0.1, 0.15) is 23.8 Å². The topological polar surface area (TPSA) is 183 Å². The molecule has 3 heterocycles. The Hall–Kier alpha value is -4.48. The van der Waals surface area contributed by atoms with Crippen LogP contribution in [0.5, 0.6) is 6.01 Å². The number of nitrogens with zero attached hydrogens (tertiary/aromatic N) is 3. The summed E-state index contributed by atoms with van der Waals surface area (Å²) in [4.78, 5) is 76.5. The lowest BCUT2D eigenvalue weighted by Crippen LogP contribution is -2.57. The number of halogens is 3. The summed E-state index contributed by atoms with van der Waals surface area (Å²) in [5, 5.41) is 2.03. The molecule has 4 aliphatic carbocycles. The summed E-state index contributed by atoms with van der Waals surface area (Å²) in [7, 11) is -3.98. The van der Waals surface area contributed by atoms with E-state index < -0.39 is 85.8 Å². The number of alkyl halides is 3. The Kier molecular flexibility index (Phi) is 11.6. The average Bonchev–Trinajstić information content (AvgIpc) is 3.99. The Labute approximate surface area is 346 Å². The van der Waals surface area contributed by atoms with Gasteiger partial charge in [-0.3, -0.25) is 33.3 Å². The maximum atomic E-state index is 14.9. The van der Waals surface area contributed by atoms with E-state index in [9.17, 15) is 45.6 Å². The van der Waals surface area contributed by atoms with Crippen molar-refractivity contribution in [1.82, 2.24) is 24.5 Å². The highest BCUT2D eigenvalue weighted by Gasteiger charge is 2.62. The molecule has 3 amide bonds. The van der Waals surface area contributed by atoms with Gasteiger partial charge in [0, 0.05) is 18.9 Å². The number of esters is 1. The number of hydrogen-bond donors (Lipinski definition) is 2. The summed E-state index contributed by atoms with van der Waals surface area (Å²) in [5.41, 5.74) is -3.47. The molecule has 1 saturated heterocycles. The van der Waals surface area contributed by atoms with E-state index in [-0.39, 0.29) is 67.2 Å². The van der Waals surface area contributed by atoms with Gasteiger partial charge in [-0.05, 0) is 94.2 Å². The molecule has 0 radical (unpaired) electrons. The first-order chi connectivity index (χ1) is 28.6. The van der Waals surface area contributed by atoms with Gasteiger partial charge in [-0.25, -0.2) is 8.42 Å². The van der Waals surface area contributed by atoms with Crippen molar-refractivity contribution < 1.29 is 50.2 Å². The van der Waals surface area contributed by atoms with Crippen molar-refractivity contribution in [3.05, 3.63) is 46.8 Å². The fourth-order valence-corrected chi connectivity index (χ4v) is 11.3. The Morgan fingerprint density at radius 3 is 2.35 bits per heavy atom. The Balaban J connectivity index is 1.16. The van der Waals surface area contributed by atoms with E-state index in [2.05, 4.69) is 21.6 Å². The van der Waals surface area contributed by atoms with Crippen LogP contribution in [0.3, 0.4) is 0 Å². The third-order valence-electron chi connectivity index (χ3n) is 13.6. The molecule has 18 heteroatoms. The predicted molar refractivity (Wildman–Crippen MR) is 211 cm³/mol.